The van der Waals surface area contributed by atoms with Gasteiger partial charge in [0.25, 0.3) is 0 Å². The van der Waals surface area contributed by atoms with Gasteiger partial charge in [-0.3, -0.25) is 4.79 Å². The van der Waals surface area contributed by atoms with Gasteiger partial charge in [0.1, 0.15) is 11.6 Å². The molecule has 158 valence electrons. The summed E-state index contributed by atoms with van der Waals surface area (Å²) in [5, 5.41) is 1.07. The van der Waals surface area contributed by atoms with E-state index in [1.807, 2.05) is 13.8 Å². The smallest absolute Gasteiger partial charge is 0.430 e. The van der Waals surface area contributed by atoms with Crippen molar-refractivity contribution in [3.8, 4) is 0 Å². The molecule has 0 saturated carbocycles. The van der Waals surface area contributed by atoms with Crippen LogP contribution in [0, 0.1) is 6.92 Å². The molecular weight excluding hydrogens is 364 g/mol. The third-order valence-corrected chi connectivity index (χ3v) is 3.34. The minimum Gasteiger partial charge on any atom is -0.442 e. The second kappa shape index (κ2) is 11.6. The molecule has 0 saturated heterocycles. The zero-order chi connectivity index (χ0) is 21.2. The SMILES string of the molecule is CCCOCCOC[C@H](NN(C(=O)OC(C)(C)C)c1cc(C)ccn1)C(N)=O. The molecule has 0 fully saturated rings. The van der Waals surface area contributed by atoms with E-state index in [4.69, 9.17) is 19.9 Å². The molecule has 1 aromatic rings. The number of pyridine rings is 1. The summed E-state index contributed by atoms with van der Waals surface area (Å²) in [5.74, 6) is -0.387. The van der Waals surface area contributed by atoms with E-state index in [-0.39, 0.29) is 12.4 Å². The van der Waals surface area contributed by atoms with Crippen molar-refractivity contribution >= 4 is 17.8 Å². The summed E-state index contributed by atoms with van der Waals surface area (Å²) in [6.07, 6.45) is 1.77. The maximum absolute atomic E-state index is 12.7. The Morgan fingerprint density at radius 2 is 1.93 bits per heavy atom. The number of amides is 2. The molecule has 1 heterocycles. The topological polar surface area (TPSA) is 116 Å². The number of nitrogens with two attached hydrogens (primary N) is 1. The fourth-order valence-corrected chi connectivity index (χ4v) is 2.07. The van der Waals surface area contributed by atoms with Crippen LogP contribution in [0.1, 0.15) is 39.7 Å². The Bertz CT molecular complexity index is 633. The first-order valence-corrected chi connectivity index (χ1v) is 9.30. The largest absolute Gasteiger partial charge is 0.442 e. The number of nitrogens with one attached hydrogen (secondary N) is 1. The van der Waals surface area contributed by atoms with E-state index < -0.39 is 23.6 Å². The number of carbonyl (C=O) groups excluding carboxylic acids is 2. The van der Waals surface area contributed by atoms with Crippen LogP contribution < -0.4 is 16.2 Å². The van der Waals surface area contributed by atoms with Crippen LogP contribution in [-0.2, 0) is 19.0 Å². The van der Waals surface area contributed by atoms with Crippen LogP contribution in [0.3, 0.4) is 0 Å². The van der Waals surface area contributed by atoms with E-state index in [2.05, 4.69) is 10.4 Å². The average molecular weight is 396 g/mol. The summed E-state index contributed by atoms with van der Waals surface area (Å²) >= 11 is 0. The lowest BCUT2D eigenvalue weighted by atomic mass is 10.2. The van der Waals surface area contributed by atoms with Crippen molar-refractivity contribution < 1.29 is 23.8 Å². The number of primary amides is 1. The quantitative estimate of drug-likeness (QED) is 0.434. The van der Waals surface area contributed by atoms with Gasteiger partial charge in [-0.1, -0.05) is 6.92 Å². The zero-order valence-corrected chi connectivity index (χ0v) is 17.4. The Kier molecular flexibility index (Phi) is 9.84. The number of aromatic nitrogens is 1. The van der Waals surface area contributed by atoms with Crippen LogP contribution in [0.25, 0.3) is 0 Å². The van der Waals surface area contributed by atoms with Gasteiger partial charge in [0.05, 0.1) is 19.8 Å². The van der Waals surface area contributed by atoms with Crippen LogP contribution in [0.5, 0.6) is 0 Å². The number of aryl methyl sites for hydroxylation is 1. The minimum atomic E-state index is -0.957. The molecule has 0 aromatic carbocycles. The van der Waals surface area contributed by atoms with Crippen LogP contribution in [0.4, 0.5) is 10.6 Å². The molecule has 9 nitrogen and oxygen atoms in total. The van der Waals surface area contributed by atoms with E-state index >= 15 is 0 Å². The van der Waals surface area contributed by atoms with Gasteiger partial charge < -0.3 is 19.9 Å². The summed E-state index contributed by atoms with van der Waals surface area (Å²) < 4.78 is 16.2. The van der Waals surface area contributed by atoms with Crippen molar-refractivity contribution in [2.45, 2.75) is 52.7 Å². The lowest BCUT2D eigenvalue weighted by molar-refractivity contribution is -0.121. The van der Waals surface area contributed by atoms with Gasteiger partial charge in [-0.2, -0.15) is 5.01 Å². The lowest BCUT2D eigenvalue weighted by Gasteiger charge is -2.29. The second-order valence-corrected chi connectivity index (χ2v) is 7.28. The average Bonchev–Trinajstić information content (AvgIpc) is 2.58. The second-order valence-electron chi connectivity index (χ2n) is 7.28. The normalized spacial score (nSPS) is 12.5. The number of hydrogen-bond donors (Lipinski definition) is 2. The predicted octanol–water partition coefficient (Wildman–Crippen LogP) is 1.93. The monoisotopic (exact) mass is 396 g/mol. The maximum atomic E-state index is 12.7. The highest BCUT2D eigenvalue weighted by atomic mass is 16.6. The van der Waals surface area contributed by atoms with Crippen LogP contribution >= 0.6 is 0 Å². The Morgan fingerprint density at radius 1 is 1.25 bits per heavy atom. The summed E-state index contributed by atoms with van der Waals surface area (Å²) in [6, 6.07) is 2.52. The molecule has 1 rings (SSSR count). The molecule has 0 spiro atoms. The highest BCUT2D eigenvalue weighted by molar-refractivity contribution is 5.87. The van der Waals surface area contributed by atoms with Gasteiger partial charge in [-0.25, -0.2) is 15.2 Å². The fraction of sp³-hybridized carbons (Fsp3) is 0.632. The molecular formula is C19H32N4O5. The van der Waals surface area contributed by atoms with Gasteiger partial charge in [0.15, 0.2) is 5.82 Å². The third kappa shape index (κ3) is 9.12. The van der Waals surface area contributed by atoms with Crippen molar-refractivity contribution in [3.05, 3.63) is 23.9 Å². The number of rotatable bonds is 11. The summed E-state index contributed by atoms with van der Waals surface area (Å²) in [5.41, 5.74) is 8.41. The molecule has 3 N–H and O–H groups in total. The first kappa shape index (κ1) is 23.8. The standard InChI is InChI=1S/C19H32N4O5/c1-6-9-26-10-11-27-13-15(17(20)24)22-23(18(25)28-19(3,4)5)16-12-14(2)7-8-21-16/h7-8,12,15,22H,6,9-11,13H2,1-5H3,(H2,20,24)/t15-/m0/s1. The van der Waals surface area contributed by atoms with E-state index in [0.29, 0.717) is 19.8 Å². The third-order valence-electron chi connectivity index (χ3n) is 3.34. The van der Waals surface area contributed by atoms with Crippen molar-refractivity contribution in [1.82, 2.24) is 10.4 Å². The minimum absolute atomic E-state index is 0.0318. The van der Waals surface area contributed by atoms with Crippen LogP contribution in [0.15, 0.2) is 18.3 Å². The van der Waals surface area contributed by atoms with Gasteiger partial charge in [0, 0.05) is 12.8 Å². The predicted molar refractivity (Wildman–Crippen MR) is 106 cm³/mol. The van der Waals surface area contributed by atoms with E-state index in [0.717, 1.165) is 17.0 Å². The number of hydrogen-bond acceptors (Lipinski definition) is 7. The summed E-state index contributed by atoms with van der Waals surface area (Å²) in [4.78, 5) is 28.7. The molecule has 0 aliphatic rings. The first-order chi connectivity index (χ1) is 13.1. The molecule has 9 heteroatoms. The van der Waals surface area contributed by atoms with Crippen molar-refractivity contribution in [1.29, 1.82) is 0 Å². The molecule has 1 aromatic heterocycles. The molecule has 1 atom stereocenters. The van der Waals surface area contributed by atoms with Gasteiger partial charge >= 0.3 is 6.09 Å². The Balaban J connectivity index is 2.86. The number of hydrazine groups is 1. The summed E-state index contributed by atoms with van der Waals surface area (Å²) in [6.45, 7) is 10.5. The summed E-state index contributed by atoms with van der Waals surface area (Å²) in [7, 11) is 0. The van der Waals surface area contributed by atoms with Crippen LogP contribution in [0.2, 0.25) is 0 Å². The van der Waals surface area contributed by atoms with Crippen molar-refractivity contribution in [2.75, 3.05) is 31.4 Å². The lowest BCUT2D eigenvalue weighted by Crippen LogP contribution is -2.56. The number of anilines is 1. The Labute approximate surface area is 166 Å². The highest BCUT2D eigenvalue weighted by Gasteiger charge is 2.28. The fourth-order valence-electron chi connectivity index (χ4n) is 2.07. The first-order valence-electron chi connectivity index (χ1n) is 9.30. The van der Waals surface area contributed by atoms with Gasteiger partial charge in [-0.15, -0.1) is 0 Å². The van der Waals surface area contributed by atoms with Gasteiger partial charge in [0.2, 0.25) is 5.91 Å². The molecule has 0 aliphatic carbocycles. The number of ether oxygens (including phenoxy) is 3. The molecule has 28 heavy (non-hydrogen) atoms. The molecule has 0 bridgehead atoms. The van der Waals surface area contributed by atoms with E-state index in [1.54, 1.807) is 39.1 Å². The molecule has 0 unspecified atom stereocenters. The van der Waals surface area contributed by atoms with E-state index in [9.17, 15) is 9.59 Å². The number of carbonyl (C=O) groups is 2. The molecule has 0 aliphatic heterocycles. The van der Waals surface area contributed by atoms with Gasteiger partial charge in [-0.05, 0) is 51.8 Å². The van der Waals surface area contributed by atoms with E-state index in [1.165, 1.54) is 0 Å². The Hall–Kier alpha value is -2.23. The zero-order valence-electron chi connectivity index (χ0n) is 17.4. The maximum Gasteiger partial charge on any atom is 0.430 e. The van der Waals surface area contributed by atoms with Crippen molar-refractivity contribution in [2.24, 2.45) is 5.73 Å². The number of nitrogens with zero attached hydrogens (tertiary/aromatic N) is 2. The Morgan fingerprint density at radius 3 is 2.50 bits per heavy atom. The highest BCUT2D eigenvalue weighted by Crippen LogP contribution is 2.16. The molecule has 0 radical (unpaired) electrons. The molecule has 2 amide bonds. The van der Waals surface area contributed by atoms with Crippen molar-refractivity contribution in [3.63, 3.8) is 0 Å². The van der Waals surface area contributed by atoms with Crippen LogP contribution in [-0.4, -0.2) is 55.1 Å².